The number of pyridine rings is 1. The minimum Gasteiger partial charge on any atom is -0.481 e. The molecule has 2 bridgehead atoms. The molecule has 2 atom stereocenters. The van der Waals surface area contributed by atoms with Gasteiger partial charge in [-0.2, -0.15) is 5.10 Å². The van der Waals surface area contributed by atoms with E-state index in [4.69, 9.17) is 11.6 Å². The highest BCUT2D eigenvalue weighted by Gasteiger charge is 2.48. The first-order valence-corrected chi connectivity index (χ1v) is 10.6. The standard InChI is InChI=1S/C21H18ClFN6O2/c22-11-5-12-16(27-28-18(12)24-6-11)19-25-7-13-14(23)8-29(20(13)26-19)17-10-3-1-9(2-4-10)15(17)21(30)31/h5-10,15,17H,1-4H2,(H,30,31)(H,24,27,28). The molecule has 2 unspecified atom stereocenters. The molecule has 0 spiro atoms. The molecule has 0 amide bonds. The molecule has 158 valence electrons. The molecule has 0 aromatic carbocycles. The van der Waals surface area contributed by atoms with Gasteiger partial charge in [0, 0.05) is 18.6 Å². The van der Waals surface area contributed by atoms with Crippen LogP contribution in [0.15, 0.2) is 24.7 Å². The number of hydrogen-bond acceptors (Lipinski definition) is 5. The van der Waals surface area contributed by atoms with Crippen LogP contribution in [-0.4, -0.2) is 40.8 Å². The summed E-state index contributed by atoms with van der Waals surface area (Å²) in [5, 5.41) is 18.4. The number of carboxylic acids is 1. The summed E-state index contributed by atoms with van der Waals surface area (Å²) in [6, 6.07) is 1.39. The predicted molar refractivity (Wildman–Crippen MR) is 111 cm³/mol. The van der Waals surface area contributed by atoms with Gasteiger partial charge in [0.05, 0.1) is 27.8 Å². The Morgan fingerprint density at radius 3 is 2.71 bits per heavy atom. The van der Waals surface area contributed by atoms with Gasteiger partial charge in [-0.25, -0.2) is 19.3 Å². The molecule has 4 aromatic rings. The Labute approximate surface area is 180 Å². The van der Waals surface area contributed by atoms with Crippen molar-refractivity contribution in [3.63, 3.8) is 0 Å². The zero-order chi connectivity index (χ0) is 21.3. The van der Waals surface area contributed by atoms with E-state index < -0.39 is 17.7 Å². The summed E-state index contributed by atoms with van der Waals surface area (Å²) in [6.07, 6.45) is 8.05. The number of hydrogen-bond donors (Lipinski definition) is 2. The lowest BCUT2D eigenvalue weighted by molar-refractivity contribution is -0.151. The van der Waals surface area contributed by atoms with E-state index in [1.165, 1.54) is 18.6 Å². The van der Waals surface area contributed by atoms with Gasteiger partial charge < -0.3 is 9.67 Å². The Morgan fingerprint density at radius 1 is 1.16 bits per heavy atom. The lowest BCUT2D eigenvalue weighted by Crippen LogP contribution is -2.44. The largest absolute Gasteiger partial charge is 0.481 e. The molecular weight excluding hydrogens is 423 g/mol. The summed E-state index contributed by atoms with van der Waals surface area (Å²) in [6.45, 7) is 0. The summed E-state index contributed by atoms with van der Waals surface area (Å²) in [7, 11) is 0. The quantitative estimate of drug-likeness (QED) is 0.493. The van der Waals surface area contributed by atoms with Gasteiger partial charge in [-0.3, -0.25) is 9.89 Å². The van der Waals surface area contributed by atoms with Gasteiger partial charge in [0.25, 0.3) is 0 Å². The number of halogens is 2. The van der Waals surface area contributed by atoms with E-state index in [2.05, 4.69) is 25.1 Å². The Kier molecular flexibility index (Phi) is 4.05. The van der Waals surface area contributed by atoms with Crippen LogP contribution in [0.4, 0.5) is 4.39 Å². The van der Waals surface area contributed by atoms with Crippen LogP contribution in [0.25, 0.3) is 33.6 Å². The maximum Gasteiger partial charge on any atom is 0.308 e. The van der Waals surface area contributed by atoms with Crippen molar-refractivity contribution in [2.24, 2.45) is 17.8 Å². The second kappa shape index (κ2) is 6.71. The normalized spacial score (nSPS) is 25.5. The highest BCUT2D eigenvalue weighted by molar-refractivity contribution is 6.31. The monoisotopic (exact) mass is 440 g/mol. The molecule has 0 saturated heterocycles. The Morgan fingerprint density at radius 2 is 1.94 bits per heavy atom. The number of carboxylic acid groups (broad SMARTS) is 1. The summed E-state index contributed by atoms with van der Waals surface area (Å²) in [4.78, 5) is 25.3. The zero-order valence-electron chi connectivity index (χ0n) is 16.3. The summed E-state index contributed by atoms with van der Waals surface area (Å²) >= 11 is 6.09. The van der Waals surface area contributed by atoms with Crippen molar-refractivity contribution in [3.05, 3.63) is 35.5 Å². The lowest BCUT2D eigenvalue weighted by atomic mass is 9.61. The lowest BCUT2D eigenvalue weighted by Gasteiger charge is -2.47. The van der Waals surface area contributed by atoms with Gasteiger partial charge in [0.15, 0.2) is 17.3 Å². The van der Waals surface area contributed by atoms with E-state index in [0.29, 0.717) is 33.2 Å². The number of aliphatic carboxylic acids is 1. The molecule has 4 aromatic heterocycles. The molecule has 31 heavy (non-hydrogen) atoms. The van der Waals surface area contributed by atoms with Gasteiger partial charge in [0.2, 0.25) is 0 Å². The van der Waals surface area contributed by atoms with Crippen molar-refractivity contribution in [2.45, 2.75) is 31.7 Å². The molecule has 3 fully saturated rings. The van der Waals surface area contributed by atoms with E-state index >= 15 is 0 Å². The van der Waals surface area contributed by atoms with Crippen molar-refractivity contribution in [1.29, 1.82) is 0 Å². The minimum atomic E-state index is -0.824. The van der Waals surface area contributed by atoms with E-state index in [1.807, 2.05) is 0 Å². The average Bonchev–Trinajstić information content (AvgIpc) is 3.34. The number of H-pyrrole nitrogens is 1. The van der Waals surface area contributed by atoms with Crippen LogP contribution in [0.5, 0.6) is 0 Å². The second-order valence-electron chi connectivity index (χ2n) is 8.47. The Bertz CT molecular complexity index is 1340. The first-order chi connectivity index (χ1) is 15.0. The third-order valence-electron chi connectivity index (χ3n) is 6.90. The molecule has 3 aliphatic rings. The number of aromatic nitrogens is 6. The van der Waals surface area contributed by atoms with Crippen LogP contribution in [-0.2, 0) is 4.79 Å². The van der Waals surface area contributed by atoms with Crippen LogP contribution in [0.1, 0.15) is 31.7 Å². The van der Waals surface area contributed by atoms with Gasteiger partial charge in [-0.15, -0.1) is 0 Å². The van der Waals surface area contributed by atoms with E-state index in [0.717, 1.165) is 25.7 Å². The third kappa shape index (κ3) is 2.76. The number of fused-ring (bicyclic) bond motifs is 5. The molecule has 2 N–H and O–H groups in total. The van der Waals surface area contributed by atoms with E-state index in [9.17, 15) is 14.3 Å². The second-order valence-corrected chi connectivity index (χ2v) is 8.90. The molecule has 8 nitrogen and oxygen atoms in total. The first-order valence-electron chi connectivity index (χ1n) is 10.3. The Hall–Kier alpha value is -3.07. The van der Waals surface area contributed by atoms with Gasteiger partial charge in [-0.05, 0) is 43.6 Å². The molecule has 10 heteroatoms. The highest BCUT2D eigenvalue weighted by Crippen LogP contribution is 2.52. The summed E-state index contributed by atoms with van der Waals surface area (Å²) in [5.41, 5.74) is 1.39. The molecule has 3 saturated carbocycles. The number of rotatable bonds is 3. The number of aromatic amines is 1. The topological polar surface area (TPSA) is 110 Å². The van der Waals surface area contributed by atoms with Crippen molar-refractivity contribution >= 4 is 39.6 Å². The Balaban J connectivity index is 1.53. The number of nitrogens with one attached hydrogen (secondary N) is 1. The third-order valence-corrected chi connectivity index (χ3v) is 7.11. The van der Waals surface area contributed by atoms with Crippen LogP contribution in [0, 0.1) is 23.6 Å². The molecule has 0 radical (unpaired) electrons. The fraction of sp³-hybridized carbons (Fsp3) is 0.381. The van der Waals surface area contributed by atoms with Crippen LogP contribution < -0.4 is 0 Å². The number of carbonyl (C=O) groups is 1. The fourth-order valence-electron chi connectivity index (χ4n) is 5.55. The zero-order valence-corrected chi connectivity index (χ0v) is 17.1. The van der Waals surface area contributed by atoms with Crippen molar-refractivity contribution in [1.82, 2.24) is 29.7 Å². The SMILES string of the molecule is O=C(O)C1C2CCC(CC2)C1n1cc(F)c2cnc(-c3n[nH]c4ncc(Cl)cc34)nc21. The van der Waals surface area contributed by atoms with E-state index in [-0.39, 0.29) is 23.3 Å². The molecular formula is C21H18ClFN6O2. The van der Waals surface area contributed by atoms with Gasteiger partial charge in [0.1, 0.15) is 11.3 Å². The molecule has 0 aliphatic heterocycles. The predicted octanol–water partition coefficient (Wildman–Crippen LogP) is 4.22. The summed E-state index contributed by atoms with van der Waals surface area (Å²) in [5.74, 6) is -1.23. The van der Waals surface area contributed by atoms with E-state index in [1.54, 1.807) is 10.6 Å². The highest BCUT2D eigenvalue weighted by atomic mass is 35.5. The van der Waals surface area contributed by atoms with Crippen molar-refractivity contribution < 1.29 is 14.3 Å². The van der Waals surface area contributed by atoms with Gasteiger partial charge >= 0.3 is 5.97 Å². The summed E-state index contributed by atoms with van der Waals surface area (Å²) < 4.78 is 16.5. The maximum atomic E-state index is 14.8. The van der Waals surface area contributed by atoms with Crippen molar-refractivity contribution in [3.8, 4) is 11.5 Å². The minimum absolute atomic E-state index is 0.109. The van der Waals surface area contributed by atoms with Crippen molar-refractivity contribution in [2.75, 3.05) is 0 Å². The molecule has 4 heterocycles. The number of nitrogens with zero attached hydrogens (tertiary/aromatic N) is 5. The molecule has 3 aliphatic carbocycles. The van der Waals surface area contributed by atoms with Crippen LogP contribution >= 0.6 is 11.6 Å². The molecule has 7 rings (SSSR count). The smallest absolute Gasteiger partial charge is 0.308 e. The van der Waals surface area contributed by atoms with Gasteiger partial charge in [-0.1, -0.05) is 11.6 Å². The van der Waals surface area contributed by atoms with Crippen LogP contribution in [0.2, 0.25) is 5.02 Å². The average molecular weight is 441 g/mol. The van der Waals surface area contributed by atoms with Crippen LogP contribution in [0.3, 0.4) is 0 Å². The first kappa shape index (κ1) is 18.7. The maximum absolute atomic E-state index is 14.8. The fourth-order valence-corrected chi connectivity index (χ4v) is 5.70.